The average molecular weight is 282 g/mol. The van der Waals surface area contributed by atoms with E-state index in [1.54, 1.807) is 12.1 Å². The zero-order chi connectivity index (χ0) is 14.6. The fourth-order valence-corrected chi connectivity index (χ4v) is 1.51. The highest BCUT2D eigenvalue weighted by molar-refractivity contribution is 5.89. The Morgan fingerprint density at radius 3 is 2.35 bits per heavy atom. The number of esters is 1. The molecule has 0 atom stereocenters. The molecule has 0 spiro atoms. The van der Waals surface area contributed by atoms with Gasteiger partial charge in [-0.05, 0) is 24.3 Å². The number of hydrogen-bond donors (Lipinski definition) is 2. The van der Waals surface area contributed by atoms with Gasteiger partial charge in [0.1, 0.15) is 0 Å². The highest BCUT2D eigenvalue weighted by Gasteiger charge is 2.03. The molecule has 0 saturated heterocycles. The Kier molecular flexibility index (Phi) is 8.37. The van der Waals surface area contributed by atoms with Gasteiger partial charge in [-0.25, -0.2) is 4.79 Å². The molecule has 112 valence electrons. The molecule has 1 aromatic rings. The van der Waals surface area contributed by atoms with Gasteiger partial charge in [0.05, 0.1) is 39.1 Å². The highest BCUT2D eigenvalue weighted by Crippen LogP contribution is 2.09. The Hall–Kier alpha value is -1.63. The number of ether oxygens (including phenoxy) is 3. The summed E-state index contributed by atoms with van der Waals surface area (Å²) in [6.07, 6.45) is 0. The lowest BCUT2D eigenvalue weighted by Crippen LogP contribution is -2.15. The normalized spacial score (nSPS) is 10.3. The van der Waals surface area contributed by atoms with E-state index in [2.05, 4.69) is 10.1 Å². The standard InChI is InChI=1S/C14H22N2O4/c1-18-14(17)12-2-4-13(5-3-12)16-7-9-20-11-10-19-8-6-15/h2-5,16H,6-11,15H2,1H3. The van der Waals surface area contributed by atoms with Crippen LogP contribution in [0, 0.1) is 0 Å². The van der Waals surface area contributed by atoms with Gasteiger partial charge < -0.3 is 25.3 Å². The van der Waals surface area contributed by atoms with Crippen LogP contribution in [-0.2, 0) is 14.2 Å². The maximum atomic E-state index is 11.2. The number of benzene rings is 1. The van der Waals surface area contributed by atoms with E-state index in [1.165, 1.54) is 7.11 Å². The molecule has 6 nitrogen and oxygen atoms in total. The predicted octanol–water partition coefficient (Wildman–Crippen LogP) is 0.877. The first kappa shape index (κ1) is 16.4. The number of nitrogens with two attached hydrogens (primary N) is 1. The fourth-order valence-electron chi connectivity index (χ4n) is 1.51. The molecule has 0 saturated carbocycles. The summed E-state index contributed by atoms with van der Waals surface area (Å²) in [6, 6.07) is 7.10. The number of nitrogens with one attached hydrogen (secondary N) is 1. The van der Waals surface area contributed by atoms with E-state index in [-0.39, 0.29) is 5.97 Å². The first-order valence-electron chi connectivity index (χ1n) is 6.55. The smallest absolute Gasteiger partial charge is 0.337 e. The molecule has 0 unspecified atom stereocenters. The van der Waals surface area contributed by atoms with Gasteiger partial charge >= 0.3 is 5.97 Å². The SMILES string of the molecule is COC(=O)c1ccc(NCCOCCOCCN)cc1. The van der Waals surface area contributed by atoms with Crippen molar-refractivity contribution in [3.05, 3.63) is 29.8 Å². The Morgan fingerprint density at radius 1 is 1.10 bits per heavy atom. The zero-order valence-electron chi connectivity index (χ0n) is 11.8. The number of rotatable bonds is 10. The summed E-state index contributed by atoms with van der Waals surface area (Å²) in [6.45, 7) is 3.49. The van der Waals surface area contributed by atoms with E-state index in [1.807, 2.05) is 12.1 Å². The maximum absolute atomic E-state index is 11.2. The van der Waals surface area contributed by atoms with Gasteiger partial charge in [-0.3, -0.25) is 0 Å². The lowest BCUT2D eigenvalue weighted by molar-refractivity contribution is 0.0548. The van der Waals surface area contributed by atoms with E-state index in [9.17, 15) is 4.79 Å². The third kappa shape index (κ3) is 6.51. The van der Waals surface area contributed by atoms with Crippen LogP contribution in [0.3, 0.4) is 0 Å². The molecule has 0 bridgehead atoms. The van der Waals surface area contributed by atoms with Gasteiger partial charge in [0.25, 0.3) is 0 Å². The summed E-state index contributed by atoms with van der Waals surface area (Å²) in [5.74, 6) is -0.336. The molecule has 1 rings (SSSR count). The largest absolute Gasteiger partial charge is 0.465 e. The van der Waals surface area contributed by atoms with Crippen molar-refractivity contribution in [3.63, 3.8) is 0 Å². The summed E-state index contributed by atoms with van der Waals surface area (Å²) in [5.41, 5.74) is 6.75. The van der Waals surface area contributed by atoms with Crippen molar-refractivity contribution in [2.75, 3.05) is 51.9 Å². The first-order valence-corrected chi connectivity index (χ1v) is 6.55. The summed E-state index contributed by atoms with van der Waals surface area (Å²) in [5, 5.41) is 3.19. The molecule has 0 aliphatic heterocycles. The zero-order valence-corrected chi connectivity index (χ0v) is 11.8. The minimum atomic E-state index is -0.336. The van der Waals surface area contributed by atoms with Crippen LogP contribution >= 0.6 is 0 Å². The topological polar surface area (TPSA) is 82.8 Å². The van der Waals surface area contributed by atoms with Crippen LogP contribution < -0.4 is 11.1 Å². The van der Waals surface area contributed by atoms with Gasteiger partial charge in [-0.15, -0.1) is 0 Å². The van der Waals surface area contributed by atoms with E-state index in [4.69, 9.17) is 15.2 Å². The first-order chi connectivity index (χ1) is 9.77. The van der Waals surface area contributed by atoms with E-state index in [0.29, 0.717) is 45.1 Å². The van der Waals surface area contributed by atoms with Crippen LogP contribution in [0.4, 0.5) is 5.69 Å². The molecule has 0 heterocycles. The number of methoxy groups -OCH3 is 1. The quantitative estimate of drug-likeness (QED) is 0.489. The second kappa shape index (κ2) is 10.2. The van der Waals surface area contributed by atoms with Crippen molar-refractivity contribution in [1.82, 2.24) is 0 Å². The van der Waals surface area contributed by atoms with Crippen molar-refractivity contribution in [3.8, 4) is 0 Å². The third-order valence-corrected chi connectivity index (χ3v) is 2.52. The monoisotopic (exact) mass is 282 g/mol. The number of carbonyl (C=O) groups is 1. The van der Waals surface area contributed by atoms with Crippen molar-refractivity contribution >= 4 is 11.7 Å². The van der Waals surface area contributed by atoms with Gasteiger partial charge in [-0.2, -0.15) is 0 Å². The molecule has 0 fully saturated rings. The molecule has 0 aliphatic carbocycles. The Bertz CT molecular complexity index is 381. The summed E-state index contributed by atoms with van der Waals surface area (Å²) in [4.78, 5) is 11.2. The van der Waals surface area contributed by atoms with Gasteiger partial charge in [0.2, 0.25) is 0 Å². The second-order valence-electron chi connectivity index (χ2n) is 4.01. The minimum Gasteiger partial charge on any atom is -0.465 e. The second-order valence-corrected chi connectivity index (χ2v) is 4.01. The van der Waals surface area contributed by atoms with Crippen molar-refractivity contribution in [2.24, 2.45) is 5.73 Å². The van der Waals surface area contributed by atoms with E-state index < -0.39 is 0 Å². The Labute approximate surface area is 119 Å². The van der Waals surface area contributed by atoms with Crippen molar-refractivity contribution in [2.45, 2.75) is 0 Å². The van der Waals surface area contributed by atoms with Gasteiger partial charge in [-0.1, -0.05) is 0 Å². The molecule has 6 heteroatoms. The number of hydrogen-bond acceptors (Lipinski definition) is 6. The fraction of sp³-hybridized carbons (Fsp3) is 0.500. The highest BCUT2D eigenvalue weighted by atomic mass is 16.5. The lowest BCUT2D eigenvalue weighted by Gasteiger charge is -2.08. The van der Waals surface area contributed by atoms with Crippen LogP contribution in [0.5, 0.6) is 0 Å². The molecule has 0 radical (unpaired) electrons. The lowest BCUT2D eigenvalue weighted by atomic mass is 10.2. The Morgan fingerprint density at radius 2 is 1.75 bits per heavy atom. The minimum absolute atomic E-state index is 0.336. The summed E-state index contributed by atoms with van der Waals surface area (Å²) >= 11 is 0. The van der Waals surface area contributed by atoms with Crippen LogP contribution in [-0.4, -0.2) is 52.6 Å². The molecule has 20 heavy (non-hydrogen) atoms. The maximum Gasteiger partial charge on any atom is 0.337 e. The molecule has 0 aromatic heterocycles. The van der Waals surface area contributed by atoms with E-state index in [0.717, 1.165) is 5.69 Å². The predicted molar refractivity (Wildman–Crippen MR) is 77.0 cm³/mol. The van der Waals surface area contributed by atoms with E-state index >= 15 is 0 Å². The molecule has 3 N–H and O–H groups in total. The van der Waals surface area contributed by atoms with Gasteiger partial charge in [0.15, 0.2) is 0 Å². The molecular weight excluding hydrogens is 260 g/mol. The molecule has 0 aliphatic rings. The van der Waals surface area contributed by atoms with Crippen molar-refractivity contribution in [1.29, 1.82) is 0 Å². The molecule has 0 amide bonds. The average Bonchev–Trinajstić information content (AvgIpc) is 2.50. The molecule has 1 aromatic carbocycles. The van der Waals surface area contributed by atoms with Crippen LogP contribution in [0.25, 0.3) is 0 Å². The summed E-state index contributed by atoms with van der Waals surface area (Å²) in [7, 11) is 1.36. The Balaban J connectivity index is 2.11. The number of anilines is 1. The van der Waals surface area contributed by atoms with Crippen LogP contribution in [0.15, 0.2) is 24.3 Å². The van der Waals surface area contributed by atoms with Gasteiger partial charge in [0, 0.05) is 18.8 Å². The third-order valence-electron chi connectivity index (χ3n) is 2.52. The van der Waals surface area contributed by atoms with Crippen LogP contribution in [0.1, 0.15) is 10.4 Å². The summed E-state index contributed by atoms with van der Waals surface area (Å²) < 4.78 is 15.2. The van der Waals surface area contributed by atoms with Crippen LogP contribution in [0.2, 0.25) is 0 Å². The van der Waals surface area contributed by atoms with Crippen molar-refractivity contribution < 1.29 is 19.0 Å². The molecular formula is C14H22N2O4. The number of carbonyl (C=O) groups excluding carboxylic acids is 1.